The van der Waals surface area contributed by atoms with E-state index >= 15 is 0 Å². The number of benzene rings is 1. The maximum Gasteiger partial charge on any atom is 0.511 e. The number of carboxylic acid groups (broad SMARTS) is 1. The summed E-state index contributed by atoms with van der Waals surface area (Å²) in [6.45, 7) is 2.11. The summed E-state index contributed by atoms with van der Waals surface area (Å²) in [5.41, 5.74) is 3.49. The van der Waals surface area contributed by atoms with Crippen LogP contribution < -0.4 is 20.5 Å². The zero-order chi connectivity index (χ0) is 20.3. The Morgan fingerprint density at radius 2 is 2.03 bits per heavy atom. The van der Waals surface area contributed by atoms with Gasteiger partial charge in [-0.25, -0.2) is 4.79 Å². The number of ether oxygens (including phenoxy) is 1. The predicted octanol–water partition coefficient (Wildman–Crippen LogP) is 1.95. The lowest BCUT2D eigenvalue weighted by molar-refractivity contribution is 0.142. The molecule has 8 nitrogen and oxygen atoms in total. The molecule has 2 heterocycles. The highest BCUT2D eigenvalue weighted by Crippen LogP contribution is 2.47. The van der Waals surface area contributed by atoms with Crippen molar-refractivity contribution in [3.63, 3.8) is 0 Å². The summed E-state index contributed by atoms with van der Waals surface area (Å²) in [6, 6.07) is 6.88. The fourth-order valence-corrected chi connectivity index (χ4v) is 5.11. The van der Waals surface area contributed by atoms with Crippen molar-refractivity contribution in [3.05, 3.63) is 39.7 Å². The number of carbonyl (C=O) groups is 1. The van der Waals surface area contributed by atoms with Crippen molar-refractivity contribution in [2.75, 3.05) is 25.0 Å². The molecule has 5 rings (SSSR count). The highest BCUT2D eigenvalue weighted by Gasteiger charge is 2.54. The van der Waals surface area contributed by atoms with E-state index in [-0.39, 0.29) is 5.75 Å². The first-order valence-electron chi connectivity index (χ1n) is 9.92. The number of pyridine rings is 1. The van der Waals surface area contributed by atoms with Gasteiger partial charge in [-0.15, -0.1) is 0 Å². The Balaban J connectivity index is 1.50. The molecule has 0 bridgehead atoms. The van der Waals surface area contributed by atoms with Crippen LogP contribution in [0.25, 0.3) is 11.3 Å². The number of aromatic hydroxyl groups is 1. The predicted molar refractivity (Wildman–Crippen MR) is 107 cm³/mol. The molecule has 29 heavy (non-hydrogen) atoms. The van der Waals surface area contributed by atoms with Crippen molar-refractivity contribution >= 4 is 11.8 Å². The molecule has 0 amide bonds. The van der Waals surface area contributed by atoms with Gasteiger partial charge in [-0.05, 0) is 55.8 Å². The molecule has 1 aromatic carbocycles. The Labute approximate surface area is 167 Å². The van der Waals surface area contributed by atoms with Gasteiger partial charge in [0.05, 0.1) is 5.69 Å². The van der Waals surface area contributed by atoms with Crippen LogP contribution in [0.2, 0.25) is 0 Å². The number of H-pyrrole nitrogens is 1. The van der Waals surface area contributed by atoms with Crippen LogP contribution in [0.4, 0.5) is 10.5 Å². The van der Waals surface area contributed by atoms with Gasteiger partial charge in [-0.3, -0.25) is 4.79 Å². The summed E-state index contributed by atoms with van der Waals surface area (Å²) in [7, 11) is 2.02. The molecule has 2 fully saturated rings. The molecule has 4 N–H and O–H groups in total. The Morgan fingerprint density at radius 3 is 2.72 bits per heavy atom. The molecule has 3 atom stereocenters. The van der Waals surface area contributed by atoms with Gasteiger partial charge in [-0.2, -0.15) is 0 Å². The van der Waals surface area contributed by atoms with E-state index in [0.717, 1.165) is 48.9 Å². The van der Waals surface area contributed by atoms with E-state index in [2.05, 4.69) is 32.1 Å². The van der Waals surface area contributed by atoms with Gasteiger partial charge in [0, 0.05) is 35.9 Å². The van der Waals surface area contributed by atoms with Crippen LogP contribution in [-0.4, -0.2) is 47.5 Å². The number of hydrogen-bond donors (Lipinski definition) is 4. The monoisotopic (exact) mass is 397 g/mol. The average molecular weight is 397 g/mol. The van der Waals surface area contributed by atoms with E-state index in [0.29, 0.717) is 23.7 Å². The lowest BCUT2D eigenvalue weighted by atomic mass is 10.00. The molecular formula is C21H23N3O5. The summed E-state index contributed by atoms with van der Waals surface area (Å²) >= 11 is 0. The van der Waals surface area contributed by atoms with Crippen LogP contribution in [0.1, 0.15) is 17.5 Å². The fraction of sp³-hybridized carbons (Fsp3) is 0.429. The largest absolute Gasteiger partial charge is 0.511 e. The van der Waals surface area contributed by atoms with Crippen molar-refractivity contribution in [3.8, 4) is 22.8 Å². The summed E-state index contributed by atoms with van der Waals surface area (Å²) in [6.07, 6.45) is 0.487. The summed E-state index contributed by atoms with van der Waals surface area (Å²) in [5, 5.41) is 22.7. The molecule has 0 radical (unpaired) electrons. The maximum atomic E-state index is 12.3. The molecular weight excluding hydrogens is 374 g/mol. The van der Waals surface area contributed by atoms with Crippen LogP contribution in [0, 0.1) is 11.8 Å². The molecule has 3 aliphatic rings. The Hall–Kier alpha value is -3.00. The van der Waals surface area contributed by atoms with Crippen LogP contribution in [0.3, 0.4) is 0 Å². The first-order valence-corrected chi connectivity index (χ1v) is 9.92. The molecule has 1 aromatic heterocycles. The highest BCUT2D eigenvalue weighted by molar-refractivity contribution is 5.75. The SMILES string of the molecule is CNC1[C@H]2CN(c3ccc4c(c3)CCCc3c-4[nH]c(=O)c(OC(=O)O)c3O)C[C@@H]12. The Morgan fingerprint density at radius 1 is 1.28 bits per heavy atom. The number of rotatable bonds is 3. The molecule has 152 valence electrons. The number of nitrogens with one attached hydrogen (secondary N) is 2. The van der Waals surface area contributed by atoms with Crippen molar-refractivity contribution in [1.29, 1.82) is 0 Å². The van der Waals surface area contributed by atoms with Crippen molar-refractivity contribution in [2.24, 2.45) is 11.8 Å². The minimum Gasteiger partial charge on any atom is -0.504 e. The number of hydrogen-bond acceptors (Lipinski definition) is 6. The van der Waals surface area contributed by atoms with Gasteiger partial charge >= 0.3 is 6.16 Å². The number of fused-ring (bicyclic) bond motifs is 4. The Kier molecular flexibility index (Phi) is 4.06. The first-order chi connectivity index (χ1) is 14.0. The van der Waals surface area contributed by atoms with Crippen molar-refractivity contribution in [1.82, 2.24) is 10.3 Å². The molecule has 1 saturated heterocycles. The number of piperidine rings is 1. The molecule has 8 heteroatoms. The van der Waals surface area contributed by atoms with Crippen molar-refractivity contribution < 1.29 is 19.7 Å². The third kappa shape index (κ3) is 2.86. The second-order valence-electron chi connectivity index (χ2n) is 8.10. The lowest BCUT2D eigenvalue weighted by Gasteiger charge is -2.23. The van der Waals surface area contributed by atoms with E-state index in [9.17, 15) is 14.7 Å². The molecule has 0 spiro atoms. The summed E-state index contributed by atoms with van der Waals surface area (Å²) in [4.78, 5) is 28.3. The topological polar surface area (TPSA) is 115 Å². The van der Waals surface area contributed by atoms with Gasteiger partial charge in [0.25, 0.3) is 5.56 Å². The lowest BCUT2D eigenvalue weighted by Crippen LogP contribution is -2.29. The van der Waals surface area contributed by atoms with Crippen LogP contribution in [-0.2, 0) is 12.8 Å². The minimum absolute atomic E-state index is 0.388. The highest BCUT2D eigenvalue weighted by atomic mass is 16.7. The third-order valence-corrected chi connectivity index (χ3v) is 6.56. The molecule has 2 aliphatic carbocycles. The smallest absolute Gasteiger partial charge is 0.504 e. The van der Waals surface area contributed by atoms with Crippen LogP contribution >= 0.6 is 0 Å². The molecule has 1 aliphatic heterocycles. The van der Waals surface area contributed by atoms with E-state index in [4.69, 9.17) is 5.11 Å². The molecule has 2 aromatic rings. The number of aryl methyl sites for hydroxylation is 1. The van der Waals surface area contributed by atoms with E-state index in [1.165, 1.54) is 5.69 Å². The summed E-state index contributed by atoms with van der Waals surface area (Å²) < 4.78 is 4.50. The number of aromatic nitrogens is 1. The van der Waals surface area contributed by atoms with Crippen molar-refractivity contribution in [2.45, 2.75) is 25.3 Å². The van der Waals surface area contributed by atoms with Gasteiger partial charge in [0.1, 0.15) is 0 Å². The minimum atomic E-state index is -1.63. The molecule has 1 unspecified atom stereocenters. The average Bonchev–Trinajstić information content (AvgIpc) is 3.24. The van der Waals surface area contributed by atoms with E-state index in [1.807, 2.05) is 13.1 Å². The zero-order valence-corrected chi connectivity index (χ0v) is 16.1. The number of aromatic amines is 1. The van der Waals surface area contributed by atoms with Crippen LogP contribution in [0.5, 0.6) is 11.5 Å². The van der Waals surface area contributed by atoms with Crippen LogP contribution in [0.15, 0.2) is 23.0 Å². The fourth-order valence-electron chi connectivity index (χ4n) is 5.11. The second-order valence-corrected chi connectivity index (χ2v) is 8.10. The normalized spacial score (nSPS) is 24.3. The third-order valence-electron chi connectivity index (χ3n) is 6.56. The quantitative estimate of drug-likeness (QED) is 0.585. The van der Waals surface area contributed by atoms with E-state index in [1.54, 1.807) is 0 Å². The number of anilines is 1. The van der Waals surface area contributed by atoms with Gasteiger partial charge < -0.3 is 30.2 Å². The standard InChI is InChI=1S/C21H23N3O5/c1-22-16-14-8-24(9-15(14)16)11-5-6-12-10(7-11)3-2-4-13-17(12)23-20(26)19(18(13)25)29-21(27)28/h5-7,14-16,22H,2-4,8-9H2,1H3,(H,27,28)(H2,23,25,26)/t14-,15+,16?. The van der Waals surface area contributed by atoms with Gasteiger partial charge in [0.15, 0.2) is 5.75 Å². The summed E-state index contributed by atoms with van der Waals surface area (Å²) in [5.74, 6) is 0.494. The second kappa shape index (κ2) is 6.52. The first kappa shape index (κ1) is 18.1. The Bertz CT molecular complexity index is 1050. The zero-order valence-electron chi connectivity index (χ0n) is 16.1. The molecule has 1 saturated carbocycles. The number of nitrogens with zero attached hydrogens (tertiary/aromatic N) is 1. The van der Waals surface area contributed by atoms with Gasteiger partial charge in [0.2, 0.25) is 5.75 Å². The van der Waals surface area contributed by atoms with Gasteiger partial charge in [-0.1, -0.05) is 6.07 Å². The van der Waals surface area contributed by atoms with E-state index < -0.39 is 17.5 Å². The maximum absolute atomic E-state index is 12.3.